The Morgan fingerprint density at radius 3 is 2.71 bits per heavy atom. The number of anilines is 1. The van der Waals surface area contributed by atoms with Crippen LogP contribution in [0.5, 0.6) is 11.5 Å². The van der Waals surface area contributed by atoms with Crippen molar-refractivity contribution in [1.29, 1.82) is 0 Å². The Kier molecular flexibility index (Phi) is 3.17. The van der Waals surface area contributed by atoms with E-state index in [1.54, 1.807) is 25.6 Å². The summed E-state index contributed by atoms with van der Waals surface area (Å²) in [5.41, 5.74) is 8.20. The van der Waals surface area contributed by atoms with E-state index in [0.29, 0.717) is 28.8 Å². The lowest BCUT2D eigenvalue weighted by atomic mass is 10.0. The highest BCUT2D eigenvalue weighted by molar-refractivity contribution is 5.80. The maximum atomic E-state index is 5.97. The Balaban J connectivity index is 2.14. The van der Waals surface area contributed by atoms with Crippen LogP contribution in [0.15, 0.2) is 18.7 Å². The van der Waals surface area contributed by atoms with Gasteiger partial charge >= 0.3 is 0 Å². The van der Waals surface area contributed by atoms with E-state index in [9.17, 15) is 0 Å². The van der Waals surface area contributed by atoms with E-state index in [1.165, 1.54) is 0 Å². The second-order valence-corrected chi connectivity index (χ2v) is 5.07. The van der Waals surface area contributed by atoms with E-state index in [2.05, 4.69) is 38.8 Å². The normalized spacial score (nSPS) is 11.2. The first kappa shape index (κ1) is 13.3. The molecule has 0 spiro atoms. The Labute approximate surface area is 121 Å². The molecule has 3 aromatic heterocycles. The lowest BCUT2D eigenvalue weighted by Crippen LogP contribution is -2.02. The highest BCUT2D eigenvalue weighted by atomic mass is 16.5. The molecule has 0 saturated heterocycles. The van der Waals surface area contributed by atoms with Gasteiger partial charge in [0.15, 0.2) is 23.0 Å². The molecule has 21 heavy (non-hydrogen) atoms. The lowest BCUT2D eigenvalue weighted by molar-refractivity contribution is 0.474. The Morgan fingerprint density at radius 2 is 2.00 bits per heavy atom. The van der Waals surface area contributed by atoms with Crippen LogP contribution in [0.3, 0.4) is 0 Å². The zero-order valence-corrected chi connectivity index (χ0v) is 12.1. The van der Waals surface area contributed by atoms with E-state index in [-0.39, 0.29) is 5.92 Å². The van der Waals surface area contributed by atoms with Crippen molar-refractivity contribution in [3.8, 4) is 11.5 Å². The van der Waals surface area contributed by atoms with Gasteiger partial charge in [-0.25, -0.2) is 19.9 Å². The van der Waals surface area contributed by atoms with Crippen LogP contribution in [-0.4, -0.2) is 24.9 Å². The van der Waals surface area contributed by atoms with Crippen molar-refractivity contribution in [3.63, 3.8) is 0 Å². The van der Waals surface area contributed by atoms with Gasteiger partial charge in [0.2, 0.25) is 0 Å². The first-order valence-corrected chi connectivity index (χ1v) is 6.65. The number of aryl methyl sites for hydroxylation is 1. The van der Waals surface area contributed by atoms with E-state index in [4.69, 9.17) is 10.5 Å². The summed E-state index contributed by atoms with van der Waals surface area (Å²) >= 11 is 0. The molecule has 0 saturated carbocycles. The number of hydrogen-bond acceptors (Lipinski definition) is 6. The van der Waals surface area contributed by atoms with Gasteiger partial charge in [0, 0.05) is 11.8 Å². The summed E-state index contributed by atoms with van der Waals surface area (Å²) in [6.45, 7) is 5.92. The van der Waals surface area contributed by atoms with Gasteiger partial charge in [-0.3, -0.25) is 0 Å². The number of nitrogens with one attached hydrogen (secondary N) is 1. The molecule has 3 aromatic rings. The molecule has 7 heteroatoms. The van der Waals surface area contributed by atoms with Crippen LogP contribution in [0.1, 0.15) is 31.2 Å². The fraction of sp³-hybridized carbons (Fsp3) is 0.286. The van der Waals surface area contributed by atoms with Crippen molar-refractivity contribution < 1.29 is 4.74 Å². The first-order chi connectivity index (χ1) is 10.1. The van der Waals surface area contributed by atoms with Crippen molar-refractivity contribution in [3.05, 3.63) is 30.1 Å². The van der Waals surface area contributed by atoms with Gasteiger partial charge in [-0.2, -0.15) is 0 Å². The number of nitrogen functional groups attached to an aromatic ring is 1. The summed E-state index contributed by atoms with van der Waals surface area (Å²) in [4.78, 5) is 19.8. The molecule has 0 fully saturated rings. The molecule has 0 aliphatic rings. The number of pyridine rings is 1. The van der Waals surface area contributed by atoms with Crippen molar-refractivity contribution in [2.45, 2.75) is 26.7 Å². The number of aromatic amines is 1. The zero-order valence-electron chi connectivity index (χ0n) is 12.1. The Bertz CT molecular complexity index is 795. The molecular formula is C14H16N6O. The van der Waals surface area contributed by atoms with Gasteiger partial charge < -0.3 is 15.5 Å². The minimum absolute atomic E-state index is 0.243. The highest BCUT2D eigenvalue weighted by Crippen LogP contribution is 2.36. The van der Waals surface area contributed by atoms with Gasteiger partial charge in [0.25, 0.3) is 0 Å². The number of hydrogen-bond donors (Lipinski definition) is 2. The molecule has 0 atom stereocenters. The molecule has 0 aromatic carbocycles. The summed E-state index contributed by atoms with van der Waals surface area (Å²) in [5, 5.41) is 0. The minimum Gasteiger partial charge on any atom is -0.449 e. The number of ether oxygens (including phenoxy) is 1. The van der Waals surface area contributed by atoms with E-state index < -0.39 is 0 Å². The average molecular weight is 284 g/mol. The van der Waals surface area contributed by atoms with Crippen molar-refractivity contribution >= 4 is 17.0 Å². The maximum absolute atomic E-state index is 5.97. The van der Waals surface area contributed by atoms with Crippen LogP contribution in [0, 0.1) is 6.92 Å². The Morgan fingerprint density at radius 1 is 1.19 bits per heavy atom. The second kappa shape index (κ2) is 5.01. The Hall–Kier alpha value is -2.70. The van der Waals surface area contributed by atoms with Gasteiger partial charge in [-0.1, -0.05) is 13.8 Å². The number of rotatable bonds is 3. The van der Waals surface area contributed by atoms with Crippen LogP contribution in [-0.2, 0) is 0 Å². The number of nitrogens with zero attached hydrogens (tertiary/aromatic N) is 4. The first-order valence-electron chi connectivity index (χ1n) is 6.65. The van der Waals surface area contributed by atoms with Gasteiger partial charge in [-0.05, 0) is 12.8 Å². The fourth-order valence-electron chi connectivity index (χ4n) is 2.07. The van der Waals surface area contributed by atoms with E-state index in [1.807, 2.05) is 0 Å². The quantitative estimate of drug-likeness (QED) is 0.766. The van der Waals surface area contributed by atoms with Gasteiger partial charge in [0.05, 0.1) is 12.5 Å². The van der Waals surface area contributed by atoms with Crippen molar-refractivity contribution in [2.75, 3.05) is 5.73 Å². The highest BCUT2D eigenvalue weighted by Gasteiger charge is 2.17. The molecule has 7 nitrogen and oxygen atoms in total. The lowest BCUT2D eigenvalue weighted by Gasteiger charge is -2.14. The van der Waals surface area contributed by atoms with Crippen molar-refractivity contribution in [1.82, 2.24) is 24.9 Å². The zero-order chi connectivity index (χ0) is 15.0. The predicted octanol–water partition coefficient (Wildman–Crippen LogP) is 2.55. The van der Waals surface area contributed by atoms with E-state index in [0.717, 1.165) is 11.1 Å². The number of imidazole rings is 1. The number of nitrogens with two attached hydrogens (primary N) is 1. The molecule has 0 radical (unpaired) electrons. The standard InChI is InChI=1S/C14H16N6O/c1-7(2)9-4-17-14-11(18-6-19-14)12(9)21-10-5-16-8(3)20-13(10)15/h4-7H,1-3H3,(H2,15,16,20)(H,17,18,19). The molecule has 0 amide bonds. The average Bonchev–Trinajstić information content (AvgIpc) is 2.90. The third kappa shape index (κ3) is 2.37. The molecule has 0 bridgehead atoms. The molecule has 108 valence electrons. The number of aromatic nitrogens is 5. The molecule has 3 rings (SSSR count). The topological polar surface area (TPSA) is 103 Å². The minimum atomic E-state index is 0.243. The van der Waals surface area contributed by atoms with Gasteiger partial charge in [-0.15, -0.1) is 0 Å². The largest absolute Gasteiger partial charge is 0.449 e. The summed E-state index contributed by atoms with van der Waals surface area (Å²) in [7, 11) is 0. The second-order valence-electron chi connectivity index (χ2n) is 5.07. The monoisotopic (exact) mass is 284 g/mol. The smallest absolute Gasteiger partial charge is 0.187 e. The van der Waals surface area contributed by atoms with Crippen LogP contribution in [0.2, 0.25) is 0 Å². The number of fused-ring (bicyclic) bond motifs is 1. The third-order valence-electron chi connectivity index (χ3n) is 3.17. The molecule has 0 aliphatic heterocycles. The molecule has 3 N–H and O–H groups in total. The van der Waals surface area contributed by atoms with Crippen LogP contribution < -0.4 is 10.5 Å². The predicted molar refractivity (Wildman–Crippen MR) is 79.2 cm³/mol. The molecule has 0 aliphatic carbocycles. The molecule has 0 unspecified atom stereocenters. The number of H-pyrrole nitrogens is 1. The summed E-state index contributed by atoms with van der Waals surface area (Å²) in [6, 6.07) is 0. The van der Waals surface area contributed by atoms with E-state index >= 15 is 0 Å². The molecule has 3 heterocycles. The van der Waals surface area contributed by atoms with Gasteiger partial charge in [0.1, 0.15) is 11.3 Å². The summed E-state index contributed by atoms with van der Waals surface area (Å²) in [5.74, 6) is 2.23. The molecular weight excluding hydrogens is 268 g/mol. The summed E-state index contributed by atoms with van der Waals surface area (Å²) in [6.07, 6.45) is 4.93. The third-order valence-corrected chi connectivity index (χ3v) is 3.17. The maximum Gasteiger partial charge on any atom is 0.187 e. The van der Waals surface area contributed by atoms with Crippen LogP contribution in [0.25, 0.3) is 11.2 Å². The van der Waals surface area contributed by atoms with Crippen LogP contribution in [0.4, 0.5) is 5.82 Å². The SMILES string of the molecule is Cc1ncc(Oc2c(C(C)C)cnc3nc[nH]c23)c(N)n1. The van der Waals surface area contributed by atoms with Crippen LogP contribution >= 0.6 is 0 Å². The fourth-order valence-corrected chi connectivity index (χ4v) is 2.07. The van der Waals surface area contributed by atoms with Crippen molar-refractivity contribution in [2.24, 2.45) is 0 Å². The summed E-state index contributed by atoms with van der Waals surface area (Å²) < 4.78 is 5.97.